The van der Waals surface area contributed by atoms with Crippen LogP contribution in [0.3, 0.4) is 0 Å². The van der Waals surface area contributed by atoms with Crippen molar-refractivity contribution >= 4 is 46.5 Å². The number of methoxy groups -OCH3 is 2. The van der Waals surface area contributed by atoms with E-state index in [-0.39, 0.29) is 56.6 Å². The first kappa shape index (κ1) is 41.2. The van der Waals surface area contributed by atoms with Crippen molar-refractivity contribution in [3.05, 3.63) is 167 Å². The zero-order valence-electron chi connectivity index (χ0n) is 31.4. The Bertz CT molecular complexity index is 2230. The molecule has 0 aliphatic heterocycles. The van der Waals surface area contributed by atoms with Gasteiger partial charge in [-0.3, -0.25) is 9.59 Å². The van der Waals surface area contributed by atoms with Crippen molar-refractivity contribution in [1.29, 1.82) is 0 Å². The highest BCUT2D eigenvalue weighted by atomic mass is 16.5. The Balaban J connectivity index is 0.000000234. The minimum Gasteiger partial charge on any atom is -0.506 e. The van der Waals surface area contributed by atoms with Crippen LogP contribution in [0.15, 0.2) is 133 Å². The molecule has 0 heterocycles. The second-order valence-electron chi connectivity index (χ2n) is 12.5. The summed E-state index contributed by atoms with van der Waals surface area (Å²) in [5, 5.41) is 51.0. The summed E-state index contributed by atoms with van der Waals surface area (Å²) in [6, 6.07) is 36.1. The molecule has 296 valence electrons. The highest BCUT2D eigenvalue weighted by Gasteiger charge is 2.15. The predicted molar refractivity (Wildman–Crippen MR) is 219 cm³/mol. The molecular formula is C44H40N4O10. The average molecular weight is 785 g/mol. The smallest absolute Gasteiger partial charge is 0.337 e. The number of esters is 2. The van der Waals surface area contributed by atoms with E-state index >= 15 is 0 Å². The molecule has 0 unspecified atom stereocenters. The van der Waals surface area contributed by atoms with Gasteiger partial charge in [0.2, 0.25) is 0 Å². The van der Waals surface area contributed by atoms with Gasteiger partial charge in [-0.25, -0.2) is 9.59 Å². The maximum atomic E-state index is 12.5. The van der Waals surface area contributed by atoms with Gasteiger partial charge in [0.05, 0.1) is 48.1 Å². The summed E-state index contributed by atoms with van der Waals surface area (Å²) < 4.78 is 9.15. The van der Waals surface area contributed by atoms with Crippen molar-refractivity contribution < 1.29 is 49.1 Å². The molecule has 0 bridgehead atoms. The molecule has 0 fully saturated rings. The summed E-state index contributed by atoms with van der Waals surface area (Å²) >= 11 is 0. The minimum atomic E-state index is -0.630. The quantitative estimate of drug-likeness (QED) is 0.0447. The van der Waals surface area contributed by atoms with Crippen LogP contribution in [-0.2, 0) is 22.6 Å². The van der Waals surface area contributed by atoms with Gasteiger partial charge in [-0.1, -0.05) is 48.5 Å². The van der Waals surface area contributed by atoms with Crippen molar-refractivity contribution in [2.24, 2.45) is 0 Å². The van der Waals surface area contributed by atoms with Crippen molar-refractivity contribution in [1.82, 2.24) is 0 Å². The van der Waals surface area contributed by atoms with E-state index in [2.05, 4.69) is 55.0 Å². The second kappa shape index (κ2) is 19.5. The van der Waals surface area contributed by atoms with Crippen LogP contribution in [0.5, 0.6) is 23.0 Å². The highest BCUT2D eigenvalue weighted by Crippen LogP contribution is 2.28. The fraction of sp³-hybridized carbons (Fsp3) is 0.0909. The SMILES string of the molecule is COC(=O)c1ccc(NC(=O)c2ccc(C(=O)Nc3ccc(C(=O)OC)cc3O)cc2)c(O)c1.Oc1ccccc1NCc1ccc(CNc2ccccc2O)cc1. The third-order valence-electron chi connectivity index (χ3n) is 8.54. The number of phenols is 4. The Labute approximate surface area is 333 Å². The number of hydrogen-bond donors (Lipinski definition) is 8. The van der Waals surface area contributed by atoms with Crippen LogP contribution in [0.25, 0.3) is 0 Å². The lowest BCUT2D eigenvalue weighted by molar-refractivity contribution is 0.0591. The minimum absolute atomic E-state index is 0.0883. The van der Waals surface area contributed by atoms with Crippen molar-refractivity contribution in [3.63, 3.8) is 0 Å². The van der Waals surface area contributed by atoms with Crippen LogP contribution in [0, 0.1) is 0 Å². The molecule has 0 saturated heterocycles. The van der Waals surface area contributed by atoms with E-state index in [0.717, 1.165) is 22.5 Å². The maximum Gasteiger partial charge on any atom is 0.337 e. The van der Waals surface area contributed by atoms with Gasteiger partial charge in [-0.05, 0) is 96.1 Å². The largest absolute Gasteiger partial charge is 0.506 e. The zero-order chi connectivity index (χ0) is 41.6. The molecule has 58 heavy (non-hydrogen) atoms. The molecule has 14 nitrogen and oxygen atoms in total. The number of amides is 2. The van der Waals surface area contributed by atoms with Crippen molar-refractivity contribution in [2.45, 2.75) is 13.1 Å². The Morgan fingerprint density at radius 3 is 1.10 bits per heavy atom. The number of phenolic OH excluding ortho intramolecular Hbond substituents is 4. The molecule has 0 aromatic heterocycles. The van der Waals surface area contributed by atoms with E-state index in [4.69, 9.17) is 0 Å². The van der Waals surface area contributed by atoms with Crippen LogP contribution in [0.1, 0.15) is 52.6 Å². The molecule has 0 aliphatic rings. The number of carbonyl (C=O) groups excluding carboxylic acids is 4. The lowest BCUT2D eigenvalue weighted by atomic mass is 10.1. The van der Waals surface area contributed by atoms with Gasteiger partial charge in [0.25, 0.3) is 11.8 Å². The summed E-state index contributed by atoms with van der Waals surface area (Å²) in [4.78, 5) is 48.0. The van der Waals surface area contributed by atoms with Crippen LogP contribution in [-0.4, -0.2) is 58.4 Å². The van der Waals surface area contributed by atoms with E-state index in [1.54, 1.807) is 24.3 Å². The van der Waals surface area contributed by atoms with Crippen LogP contribution < -0.4 is 21.3 Å². The first-order valence-electron chi connectivity index (χ1n) is 17.6. The molecule has 14 heteroatoms. The number of anilines is 4. The normalized spacial score (nSPS) is 10.2. The van der Waals surface area contributed by atoms with E-state index in [0.29, 0.717) is 13.1 Å². The molecule has 6 aromatic carbocycles. The lowest BCUT2D eigenvalue weighted by Crippen LogP contribution is -2.15. The Morgan fingerprint density at radius 2 is 0.776 bits per heavy atom. The van der Waals surface area contributed by atoms with Gasteiger partial charge in [0, 0.05) is 24.2 Å². The Kier molecular flexibility index (Phi) is 13.9. The molecule has 0 atom stereocenters. The van der Waals surface area contributed by atoms with Crippen LogP contribution in [0.2, 0.25) is 0 Å². The Morgan fingerprint density at radius 1 is 0.431 bits per heavy atom. The molecule has 0 aliphatic carbocycles. The standard InChI is InChI=1S/C24H20N2O8.C20H20N2O2/c1-33-23(31)15-7-9-17(19(27)11-15)25-21(29)13-3-5-14(6-4-13)22(30)26-18-10-8-16(12-20(18)28)24(32)34-2;23-19-7-3-1-5-17(19)21-13-15-9-11-16(12-10-15)14-22-18-6-2-4-8-20(18)24/h3-12,27-28H,1-2H3,(H,25,29)(H,26,30);1-12,21-24H,13-14H2. The summed E-state index contributed by atoms with van der Waals surface area (Å²) in [5.74, 6) is -2.49. The van der Waals surface area contributed by atoms with Crippen LogP contribution in [0.4, 0.5) is 22.7 Å². The molecule has 2 amide bonds. The summed E-state index contributed by atoms with van der Waals surface area (Å²) in [5.41, 5.74) is 4.55. The highest BCUT2D eigenvalue weighted by molar-refractivity contribution is 6.08. The number of carbonyl (C=O) groups is 4. The van der Waals surface area contributed by atoms with E-state index in [1.165, 1.54) is 74.9 Å². The van der Waals surface area contributed by atoms with Crippen LogP contribution >= 0.6 is 0 Å². The van der Waals surface area contributed by atoms with Gasteiger partial charge in [0.1, 0.15) is 23.0 Å². The number of para-hydroxylation sites is 4. The summed E-state index contributed by atoms with van der Waals surface area (Å²) in [7, 11) is 2.42. The monoisotopic (exact) mass is 784 g/mol. The van der Waals surface area contributed by atoms with Gasteiger partial charge >= 0.3 is 11.9 Å². The lowest BCUT2D eigenvalue weighted by Gasteiger charge is -2.10. The number of rotatable bonds is 12. The number of nitrogens with one attached hydrogen (secondary N) is 4. The molecule has 0 saturated carbocycles. The Hall–Kier alpha value is -8.00. The topological polar surface area (TPSA) is 216 Å². The number of ether oxygens (including phenoxy) is 2. The third kappa shape index (κ3) is 11.0. The van der Waals surface area contributed by atoms with E-state index in [1.807, 2.05) is 24.3 Å². The maximum absolute atomic E-state index is 12.5. The first-order valence-corrected chi connectivity index (χ1v) is 17.6. The molecule has 8 N–H and O–H groups in total. The van der Waals surface area contributed by atoms with Gasteiger partial charge in [-0.15, -0.1) is 0 Å². The van der Waals surface area contributed by atoms with E-state index in [9.17, 15) is 39.6 Å². The summed E-state index contributed by atoms with van der Waals surface area (Å²) in [6.07, 6.45) is 0. The van der Waals surface area contributed by atoms with Gasteiger partial charge < -0.3 is 51.2 Å². The fourth-order valence-corrected chi connectivity index (χ4v) is 5.34. The molecule has 6 rings (SSSR count). The molecule has 6 aromatic rings. The molecular weight excluding hydrogens is 745 g/mol. The first-order chi connectivity index (χ1) is 27.9. The van der Waals surface area contributed by atoms with Crippen molar-refractivity contribution in [2.75, 3.05) is 35.5 Å². The zero-order valence-corrected chi connectivity index (χ0v) is 31.4. The number of benzene rings is 6. The predicted octanol–water partition coefficient (Wildman–Crippen LogP) is 7.50. The van der Waals surface area contributed by atoms with Crippen molar-refractivity contribution in [3.8, 4) is 23.0 Å². The number of hydrogen-bond acceptors (Lipinski definition) is 12. The number of aromatic hydroxyl groups is 4. The second-order valence-corrected chi connectivity index (χ2v) is 12.5. The fourth-order valence-electron chi connectivity index (χ4n) is 5.34. The molecule has 0 spiro atoms. The molecule has 0 radical (unpaired) electrons. The van der Waals surface area contributed by atoms with E-state index < -0.39 is 23.8 Å². The van der Waals surface area contributed by atoms with Gasteiger partial charge in [-0.2, -0.15) is 0 Å². The average Bonchev–Trinajstić information content (AvgIpc) is 3.24. The third-order valence-corrected chi connectivity index (χ3v) is 8.54. The van der Waals surface area contributed by atoms with Gasteiger partial charge in [0.15, 0.2) is 0 Å². The summed E-state index contributed by atoms with van der Waals surface area (Å²) in [6.45, 7) is 1.29.